The number of carbonyl (C=O) groups excluding carboxylic acids is 1. The van der Waals surface area contributed by atoms with Gasteiger partial charge in [0.15, 0.2) is 0 Å². The van der Waals surface area contributed by atoms with Crippen molar-refractivity contribution in [1.29, 1.82) is 0 Å². The number of carbonyl (C=O) groups is 1. The average Bonchev–Trinajstić information content (AvgIpc) is 2.97. The first-order chi connectivity index (χ1) is 12.6. The molecular formula is C19H16Cl2N2O3. The van der Waals surface area contributed by atoms with Gasteiger partial charge >= 0.3 is 5.97 Å². The Morgan fingerprint density at radius 3 is 2.62 bits per heavy atom. The summed E-state index contributed by atoms with van der Waals surface area (Å²) in [6.07, 6.45) is 2.99. The van der Waals surface area contributed by atoms with Gasteiger partial charge in [0, 0.05) is 22.7 Å². The van der Waals surface area contributed by atoms with Crippen molar-refractivity contribution in [2.24, 2.45) is 0 Å². The van der Waals surface area contributed by atoms with Crippen LogP contribution in [-0.4, -0.2) is 27.2 Å². The van der Waals surface area contributed by atoms with Gasteiger partial charge in [0.05, 0.1) is 17.6 Å². The molecule has 0 aliphatic rings. The highest BCUT2D eigenvalue weighted by Gasteiger charge is 2.12. The number of hydrogen-bond donors (Lipinski definition) is 1. The highest BCUT2D eigenvalue weighted by Crippen LogP contribution is 2.21. The standard InChI is InChI=1S/C19H16Cl2N2O3/c20-14-4-1-13(2-5-14)3-8-19(25)26-12-18-22-16-7-6-15(21)11-17(16)23(18)9-10-24/h1-8,11,24H,9-10,12H2/b8-3+. The lowest BCUT2D eigenvalue weighted by atomic mass is 10.2. The second-order valence-corrected chi connectivity index (χ2v) is 6.40. The molecule has 7 heteroatoms. The Labute approximate surface area is 160 Å². The first-order valence-electron chi connectivity index (χ1n) is 7.93. The molecule has 5 nitrogen and oxygen atoms in total. The second-order valence-electron chi connectivity index (χ2n) is 5.53. The number of aromatic nitrogens is 2. The van der Waals surface area contributed by atoms with Gasteiger partial charge in [-0.1, -0.05) is 35.3 Å². The van der Waals surface area contributed by atoms with Crippen molar-refractivity contribution in [3.8, 4) is 0 Å². The molecule has 0 fully saturated rings. The monoisotopic (exact) mass is 390 g/mol. The number of fused-ring (bicyclic) bond motifs is 1. The largest absolute Gasteiger partial charge is 0.454 e. The van der Waals surface area contributed by atoms with Gasteiger partial charge in [0.25, 0.3) is 0 Å². The molecule has 0 radical (unpaired) electrons. The van der Waals surface area contributed by atoms with Crippen LogP contribution in [0.5, 0.6) is 0 Å². The van der Waals surface area contributed by atoms with Crippen molar-refractivity contribution < 1.29 is 14.6 Å². The summed E-state index contributed by atoms with van der Waals surface area (Å²) < 4.78 is 7.06. The van der Waals surface area contributed by atoms with Crippen molar-refractivity contribution in [3.63, 3.8) is 0 Å². The van der Waals surface area contributed by atoms with Crippen LogP contribution in [0.25, 0.3) is 17.1 Å². The molecule has 0 spiro atoms. The molecule has 1 heterocycles. The van der Waals surface area contributed by atoms with Gasteiger partial charge in [-0.15, -0.1) is 0 Å². The van der Waals surface area contributed by atoms with Crippen LogP contribution in [0.2, 0.25) is 10.0 Å². The van der Waals surface area contributed by atoms with E-state index in [1.807, 2.05) is 0 Å². The summed E-state index contributed by atoms with van der Waals surface area (Å²) in [5.41, 5.74) is 2.36. The molecule has 26 heavy (non-hydrogen) atoms. The minimum absolute atomic E-state index is 0.00388. The van der Waals surface area contributed by atoms with Crippen LogP contribution in [-0.2, 0) is 22.7 Å². The number of aliphatic hydroxyl groups is 1. The summed E-state index contributed by atoms with van der Waals surface area (Å²) in [6, 6.07) is 12.4. The molecule has 0 amide bonds. The summed E-state index contributed by atoms with van der Waals surface area (Å²) in [7, 11) is 0. The number of benzene rings is 2. The molecule has 1 aromatic heterocycles. The highest BCUT2D eigenvalue weighted by atomic mass is 35.5. The van der Waals surface area contributed by atoms with Gasteiger partial charge < -0.3 is 14.4 Å². The topological polar surface area (TPSA) is 64.3 Å². The minimum Gasteiger partial charge on any atom is -0.454 e. The number of rotatable bonds is 6. The van der Waals surface area contributed by atoms with Gasteiger partial charge in [-0.25, -0.2) is 9.78 Å². The predicted octanol–water partition coefficient (Wildman–Crippen LogP) is 4.09. The van der Waals surface area contributed by atoms with E-state index in [0.717, 1.165) is 16.6 Å². The molecule has 3 aromatic rings. The van der Waals surface area contributed by atoms with E-state index in [1.165, 1.54) is 6.08 Å². The number of nitrogens with zero attached hydrogens (tertiary/aromatic N) is 2. The summed E-state index contributed by atoms with van der Waals surface area (Å²) in [5, 5.41) is 10.5. The van der Waals surface area contributed by atoms with E-state index >= 15 is 0 Å². The van der Waals surface area contributed by atoms with Crippen LogP contribution >= 0.6 is 23.2 Å². The lowest BCUT2D eigenvalue weighted by molar-refractivity contribution is -0.139. The van der Waals surface area contributed by atoms with E-state index in [9.17, 15) is 9.90 Å². The van der Waals surface area contributed by atoms with Gasteiger partial charge in [-0.05, 0) is 42.0 Å². The number of hydrogen-bond acceptors (Lipinski definition) is 4. The lowest BCUT2D eigenvalue weighted by Gasteiger charge is -2.07. The Morgan fingerprint density at radius 2 is 1.88 bits per heavy atom. The van der Waals surface area contributed by atoms with Crippen LogP contribution in [0.4, 0.5) is 0 Å². The van der Waals surface area contributed by atoms with Crippen molar-refractivity contribution in [2.45, 2.75) is 13.2 Å². The van der Waals surface area contributed by atoms with Gasteiger partial charge in [0.1, 0.15) is 12.4 Å². The predicted molar refractivity (Wildman–Crippen MR) is 102 cm³/mol. The SMILES string of the molecule is O=C(/C=C/c1ccc(Cl)cc1)OCc1nc2ccc(Cl)cc2n1CCO. The van der Waals surface area contributed by atoms with Crippen LogP contribution in [0.3, 0.4) is 0 Å². The van der Waals surface area contributed by atoms with E-state index in [0.29, 0.717) is 22.4 Å². The zero-order chi connectivity index (χ0) is 18.5. The smallest absolute Gasteiger partial charge is 0.331 e. The fourth-order valence-electron chi connectivity index (χ4n) is 2.53. The maximum atomic E-state index is 12.0. The van der Waals surface area contributed by atoms with E-state index in [2.05, 4.69) is 4.98 Å². The van der Waals surface area contributed by atoms with E-state index in [4.69, 9.17) is 27.9 Å². The summed E-state index contributed by atoms with van der Waals surface area (Å²) >= 11 is 11.9. The molecule has 0 unspecified atom stereocenters. The van der Waals surface area contributed by atoms with E-state index < -0.39 is 5.97 Å². The third kappa shape index (κ3) is 4.43. The van der Waals surface area contributed by atoms with Crippen molar-refractivity contribution in [2.75, 3.05) is 6.61 Å². The van der Waals surface area contributed by atoms with Crippen LogP contribution in [0, 0.1) is 0 Å². The second kappa shape index (κ2) is 8.36. The van der Waals surface area contributed by atoms with Crippen molar-refractivity contribution >= 4 is 46.3 Å². The maximum Gasteiger partial charge on any atom is 0.331 e. The summed E-state index contributed by atoms with van der Waals surface area (Å²) in [4.78, 5) is 16.4. The number of imidazole rings is 1. The van der Waals surface area contributed by atoms with Gasteiger partial charge in [-0.3, -0.25) is 0 Å². The van der Waals surface area contributed by atoms with Gasteiger partial charge in [0.2, 0.25) is 0 Å². The third-order valence-corrected chi connectivity index (χ3v) is 4.23. The Morgan fingerprint density at radius 1 is 1.15 bits per heavy atom. The molecule has 0 bridgehead atoms. The molecule has 0 aliphatic carbocycles. The Hall–Kier alpha value is -2.34. The van der Waals surface area contributed by atoms with Crippen LogP contribution < -0.4 is 0 Å². The molecule has 0 aliphatic heterocycles. The van der Waals surface area contributed by atoms with E-state index in [-0.39, 0.29) is 13.2 Å². The number of aliphatic hydroxyl groups excluding tert-OH is 1. The normalized spacial score (nSPS) is 11.3. The maximum absolute atomic E-state index is 12.0. The van der Waals surface area contributed by atoms with Crippen molar-refractivity contribution in [3.05, 3.63) is 70.0 Å². The molecule has 2 aromatic carbocycles. The highest BCUT2D eigenvalue weighted by molar-refractivity contribution is 6.31. The fraction of sp³-hybridized carbons (Fsp3) is 0.158. The van der Waals surface area contributed by atoms with Gasteiger partial charge in [-0.2, -0.15) is 0 Å². The first kappa shape index (κ1) is 18.5. The lowest BCUT2D eigenvalue weighted by Crippen LogP contribution is -2.10. The quantitative estimate of drug-likeness (QED) is 0.508. The average molecular weight is 391 g/mol. The Bertz CT molecular complexity index is 949. The molecular weight excluding hydrogens is 375 g/mol. The molecule has 3 rings (SSSR count). The molecule has 134 valence electrons. The first-order valence-corrected chi connectivity index (χ1v) is 8.68. The minimum atomic E-state index is -0.486. The molecule has 0 atom stereocenters. The Balaban J connectivity index is 1.71. The molecule has 0 saturated carbocycles. The summed E-state index contributed by atoms with van der Waals surface area (Å²) in [6.45, 7) is 0.274. The Kier molecular flexibility index (Phi) is 5.93. The third-order valence-electron chi connectivity index (χ3n) is 3.74. The van der Waals surface area contributed by atoms with Crippen LogP contribution in [0.15, 0.2) is 48.5 Å². The summed E-state index contributed by atoms with van der Waals surface area (Å²) in [5.74, 6) is 0.0603. The number of esters is 1. The zero-order valence-corrected chi connectivity index (χ0v) is 15.2. The number of ether oxygens (including phenoxy) is 1. The molecule has 0 saturated heterocycles. The van der Waals surface area contributed by atoms with Crippen molar-refractivity contribution in [1.82, 2.24) is 9.55 Å². The fourth-order valence-corrected chi connectivity index (χ4v) is 2.82. The zero-order valence-electron chi connectivity index (χ0n) is 13.7. The van der Waals surface area contributed by atoms with Crippen LogP contribution in [0.1, 0.15) is 11.4 Å². The number of halogens is 2. The van der Waals surface area contributed by atoms with E-state index in [1.54, 1.807) is 53.1 Å². The molecule has 1 N–H and O–H groups in total.